The summed E-state index contributed by atoms with van der Waals surface area (Å²) < 4.78 is 5.04. The van der Waals surface area contributed by atoms with Crippen molar-refractivity contribution in [2.24, 2.45) is 0 Å². The van der Waals surface area contributed by atoms with Crippen LogP contribution in [0.5, 0.6) is 0 Å². The second-order valence-electron chi connectivity index (χ2n) is 3.84. The molecule has 0 saturated carbocycles. The quantitative estimate of drug-likeness (QED) is 0.585. The van der Waals surface area contributed by atoms with Gasteiger partial charge in [0.15, 0.2) is 0 Å². The minimum absolute atomic E-state index is 0.418. The molecule has 1 unspecified atom stereocenters. The summed E-state index contributed by atoms with van der Waals surface area (Å²) in [5.41, 5.74) is 3.07. The summed E-state index contributed by atoms with van der Waals surface area (Å²) in [7, 11) is 0. The van der Waals surface area contributed by atoms with Gasteiger partial charge in [0, 0.05) is 5.56 Å². The van der Waals surface area contributed by atoms with Gasteiger partial charge in [-0.25, -0.2) is 0 Å². The van der Waals surface area contributed by atoms with Gasteiger partial charge in [-0.05, 0) is 17.2 Å². The average molecular weight is 238 g/mol. The lowest BCUT2D eigenvalue weighted by Gasteiger charge is -2.15. The zero-order valence-electron chi connectivity index (χ0n) is 9.95. The molecule has 2 aromatic carbocycles. The van der Waals surface area contributed by atoms with E-state index in [0.717, 1.165) is 16.7 Å². The van der Waals surface area contributed by atoms with E-state index < -0.39 is 6.10 Å². The lowest BCUT2D eigenvalue weighted by atomic mass is 9.96. The molecular formula is C16H14O2. The molecule has 0 heterocycles. The highest BCUT2D eigenvalue weighted by Gasteiger charge is 2.13. The van der Waals surface area contributed by atoms with E-state index in [1.807, 2.05) is 54.6 Å². The molecule has 90 valence electrons. The lowest BCUT2D eigenvalue weighted by Crippen LogP contribution is -2.01. The van der Waals surface area contributed by atoms with Crippen molar-refractivity contribution in [2.75, 3.05) is 0 Å². The molecule has 0 aromatic heterocycles. The van der Waals surface area contributed by atoms with Crippen LogP contribution in [0.1, 0.15) is 11.7 Å². The third-order valence-corrected chi connectivity index (χ3v) is 2.77. The molecule has 0 fully saturated rings. The van der Waals surface area contributed by atoms with Crippen molar-refractivity contribution in [3.63, 3.8) is 0 Å². The maximum absolute atomic E-state index is 10.5. The lowest BCUT2D eigenvalue weighted by molar-refractivity contribution is -0.131. The molecule has 0 radical (unpaired) electrons. The van der Waals surface area contributed by atoms with Crippen molar-refractivity contribution >= 4 is 6.47 Å². The third-order valence-electron chi connectivity index (χ3n) is 2.77. The summed E-state index contributed by atoms with van der Waals surface area (Å²) in [6, 6.07) is 17.8. The van der Waals surface area contributed by atoms with Crippen LogP contribution in [0.25, 0.3) is 11.1 Å². The first-order valence-corrected chi connectivity index (χ1v) is 5.73. The van der Waals surface area contributed by atoms with Crippen molar-refractivity contribution in [2.45, 2.75) is 6.10 Å². The number of carbonyl (C=O) groups is 1. The standard InChI is InChI=1S/C16H14O2/c1-2-16(18-12-17)15-11-7-6-10-14(15)13-8-4-3-5-9-13/h2-12,16H,1H2. The normalized spacial score (nSPS) is 11.6. The molecule has 2 aromatic rings. The van der Waals surface area contributed by atoms with Crippen LogP contribution in [-0.2, 0) is 9.53 Å². The fourth-order valence-corrected chi connectivity index (χ4v) is 1.94. The van der Waals surface area contributed by atoms with Crippen LogP contribution in [0.2, 0.25) is 0 Å². The molecule has 0 aliphatic carbocycles. The van der Waals surface area contributed by atoms with Crippen molar-refractivity contribution in [3.8, 4) is 11.1 Å². The van der Waals surface area contributed by atoms with Gasteiger partial charge in [-0.15, -0.1) is 0 Å². The van der Waals surface area contributed by atoms with E-state index in [-0.39, 0.29) is 0 Å². The Kier molecular flexibility index (Phi) is 3.92. The van der Waals surface area contributed by atoms with Crippen LogP contribution in [-0.4, -0.2) is 6.47 Å². The van der Waals surface area contributed by atoms with Crippen LogP contribution in [0.3, 0.4) is 0 Å². The summed E-state index contributed by atoms with van der Waals surface area (Å²) in [4.78, 5) is 10.5. The van der Waals surface area contributed by atoms with Gasteiger partial charge in [-0.2, -0.15) is 0 Å². The molecule has 2 heteroatoms. The summed E-state index contributed by atoms with van der Waals surface area (Å²) >= 11 is 0. The second kappa shape index (κ2) is 5.82. The molecule has 2 nitrogen and oxygen atoms in total. The fourth-order valence-electron chi connectivity index (χ4n) is 1.94. The maximum Gasteiger partial charge on any atom is 0.294 e. The van der Waals surface area contributed by atoms with Crippen molar-refractivity contribution < 1.29 is 9.53 Å². The van der Waals surface area contributed by atoms with Gasteiger partial charge in [0.05, 0.1) is 0 Å². The number of carbonyl (C=O) groups excluding carboxylic acids is 1. The van der Waals surface area contributed by atoms with Crippen LogP contribution >= 0.6 is 0 Å². The fraction of sp³-hybridized carbons (Fsp3) is 0.0625. The van der Waals surface area contributed by atoms with Crippen LogP contribution in [0.15, 0.2) is 67.3 Å². The van der Waals surface area contributed by atoms with Gasteiger partial charge in [-0.1, -0.05) is 61.2 Å². The minimum Gasteiger partial charge on any atom is -0.455 e. The highest BCUT2D eigenvalue weighted by molar-refractivity contribution is 5.68. The first-order chi connectivity index (χ1) is 8.86. The largest absolute Gasteiger partial charge is 0.455 e. The van der Waals surface area contributed by atoms with E-state index in [2.05, 4.69) is 6.58 Å². The summed E-state index contributed by atoms with van der Waals surface area (Å²) in [5, 5.41) is 0. The Hall–Kier alpha value is -2.35. The zero-order valence-corrected chi connectivity index (χ0v) is 9.95. The van der Waals surface area contributed by atoms with E-state index in [9.17, 15) is 4.79 Å². The van der Waals surface area contributed by atoms with E-state index in [0.29, 0.717) is 6.47 Å². The summed E-state index contributed by atoms with van der Waals surface area (Å²) in [5.74, 6) is 0. The Morgan fingerprint density at radius 2 is 1.67 bits per heavy atom. The SMILES string of the molecule is C=CC(OC=O)c1ccccc1-c1ccccc1. The first kappa shape index (κ1) is 12.1. The Morgan fingerprint density at radius 1 is 1.00 bits per heavy atom. The molecular weight excluding hydrogens is 224 g/mol. The predicted octanol–water partition coefficient (Wildman–Crippen LogP) is 3.75. The number of rotatable bonds is 5. The molecule has 0 saturated heterocycles. The maximum atomic E-state index is 10.5. The van der Waals surface area contributed by atoms with Crippen molar-refractivity contribution in [1.82, 2.24) is 0 Å². The average Bonchev–Trinajstić information content (AvgIpc) is 2.46. The Morgan fingerprint density at radius 3 is 2.33 bits per heavy atom. The number of benzene rings is 2. The smallest absolute Gasteiger partial charge is 0.294 e. The Bertz CT molecular complexity index is 532. The van der Waals surface area contributed by atoms with E-state index in [1.54, 1.807) is 6.08 Å². The zero-order chi connectivity index (χ0) is 12.8. The van der Waals surface area contributed by atoms with E-state index >= 15 is 0 Å². The van der Waals surface area contributed by atoms with E-state index in [1.165, 1.54) is 0 Å². The summed E-state index contributed by atoms with van der Waals surface area (Å²) in [6.07, 6.45) is 1.20. The van der Waals surface area contributed by atoms with Crippen LogP contribution in [0, 0.1) is 0 Å². The molecule has 0 N–H and O–H groups in total. The Balaban J connectivity index is 2.48. The van der Waals surface area contributed by atoms with Gasteiger partial charge in [0.1, 0.15) is 6.10 Å². The third kappa shape index (κ3) is 2.48. The van der Waals surface area contributed by atoms with Crippen molar-refractivity contribution in [3.05, 3.63) is 72.8 Å². The molecule has 0 spiro atoms. The van der Waals surface area contributed by atoms with Crippen molar-refractivity contribution in [1.29, 1.82) is 0 Å². The molecule has 0 bridgehead atoms. The van der Waals surface area contributed by atoms with E-state index in [4.69, 9.17) is 4.74 Å². The molecule has 0 amide bonds. The van der Waals surface area contributed by atoms with Gasteiger partial charge >= 0.3 is 0 Å². The highest BCUT2D eigenvalue weighted by Crippen LogP contribution is 2.30. The number of hydrogen-bond acceptors (Lipinski definition) is 2. The molecule has 2 rings (SSSR count). The van der Waals surface area contributed by atoms with Crippen LogP contribution < -0.4 is 0 Å². The van der Waals surface area contributed by atoms with Crippen LogP contribution in [0.4, 0.5) is 0 Å². The minimum atomic E-state index is -0.418. The monoisotopic (exact) mass is 238 g/mol. The van der Waals surface area contributed by atoms with Gasteiger partial charge in [0.25, 0.3) is 6.47 Å². The van der Waals surface area contributed by atoms with Gasteiger partial charge in [-0.3, -0.25) is 4.79 Å². The second-order valence-corrected chi connectivity index (χ2v) is 3.84. The molecule has 18 heavy (non-hydrogen) atoms. The summed E-state index contributed by atoms with van der Waals surface area (Å²) in [6.45, 7) is 4.16. The van der Waals surface area contributed by atoms with Gasteiger partial charge < -0.3 is 4.74 Å². The first-order valence-electron chi connectivity index (χ1n) is 5.73. The predicted molar refractivity (Wildman–Crippen MR) is 72.0 cm³/mol. The molecule has 0 aliphatic heterocycles. The Labute approximate surface area is 107 Å². The van der Waals surface area contributed by atoms with Gasteiger partial charge in [0.2, 0.25) is 0 Å². The molecule has 0 aliphatic rings. The number of hydrogen-bond donors (Lipinski definition) is 0. The topological polar surface area (TPSA) is 26.3 Å². The number of ether oxygens (including phenoxy) is 1. The molecule has 1 atom stereocenters. The highest BCUT2D eigenvalue weighted by atomic mass is 16.5.